The van der Waals surface area contributed by atoms with Gasteiger partial charge in [-0.2, -0.15) is 17.0 Å². The van der Waals surface area contributed by atoms with Crippen LogP contribution in [0.1, 0.15) is 39.0 Å². The molecule has 7 heteroatoms. The molecule has 2 rings (SSSR count). The van der Waals surface area contributed by atoms with Crippen LogP contribution in [0.5, 0.6) is 0 Å². The molecule has 0 aromatic rings. The van der Waals surface area contributed by atoms with E-state index in [1.54, 1.807) is 8.61 Å². The van der Waals surface area contributed by atoms with E-state index >= 15 is 0 Å². The Morgan fingerprint density at radius 3 is 2.63 bits per heavy atom. The molecule has 2 aliphatic rings. The lowest BCUT2D eigenvalue weighted by Crippen LogP contribution is -2.49. The predicted octanol–water partition coefficient (Wildman–Crippen LogP) is 0.754. The zero-order valence-corrected chi connectivity index (χ0v) is 12.3. The Morgan fingerprint density at radius 1 is 1.42 bits per heavy atom. The van der Waals surface area contributed by atoms with E-state index in [4.69, 9.17) is 11.1 Å². The monoisotopic (exact) mass is 288 g/mol. The minimum absolute atomic E-state index is 0.0489. The maximum atomic E-state index is 12.7. The molecule has 0 amide bonds. The van der Waals surface area contributed by atoms with Crippen LogP contribution in [-0.4, -0.2) is 48.5 Å². The predicted molar refractivity (Wildman–Crippen MR) is 75.1 cm³/mol. The molecule has 0 bridgehead atoms. The highest BCUT2D eigenvalue weighted by atomic mass is 32.2. The smallest absolute Gasteiger partial charge is 0.282 e. The normalized spacial score (nSPS) is 25.7. The Balaban J connectivity index is 2.07. The van der Waals surface area contributed by atoms with Gasteiger partial charge in [0.15, 0.2) is 0 Å². The van der Waals surface area contributed by atoms with Gasteiger partial charge in [-0.3, -0.25) is 5.41 Å². The first-order valence-corrected chi connectivity index (χ1v) is 8.40. The average Bonchev–Trinajstić information content (AvgIpc) is 3.13. The minimum Gasteiger partial charge on any atom is -0.388 e. The molecule has 0 spiro atoms. The number of hydrogen-bond acceptors (Lipinski definition) is 3. The Kier molecular flexibility index (Phi) is 4.47. The van der Waals surface area contributed by atoms with Gasteiger partial charge >= 0.3 is 0 Å². The topological polar surface area (TPSA) is 90.5 Å². The van der Waals surface area contributed by atoms with Crippen molar-refractivity contribution in [3.05, 3.63) is 0 Å². The van der Waals surface area contributed by atoms with E-state index < -0.39 is 10.2 Å². The molecule has 1 saturated carbocycles. The highest BCUT2D eigenvalue weighted by Crippen LogP contribution is 2.32. The maximum absolute atomic E-state index is 12.7. The van der Waals surface area contributed by atoms with E-state index in [1.807, 2.05) is 0 Å². The fourth-order valence-corrected chi connectivity index (χ4v) is 4.59. The van der Waals surface area contributed by atoms with Crippen molar-refractivity contribution in [3.63, 3.8) is 0 Å². The van der Waals surface area contributed by atoms with Crippen LogP contribution in [-0.2, 0) is 10.2 Å². The van der Waals surface area contributed by atoms with Crippen molar-refractivity contribution in [2.24, 2.45) is 11.7 Å². The van der Waals surface area contributed by atoms with E-state index in [9.17, 15) is 8.42 Å². The highest BCUT2D eigenvalue weighted by Gasteiger charge is 2.40. The molecular weight excluding hydrogens is 264 g/mol. The molecule has 3 N–H and O–H groups in total. The summed E-state index contributed by atoms with van der Waals surface area (Å²) in [5.41, 5.74) is 5.35. The summed E-state index contributed by atoms with van der Waals surface area (Å²) in [5.74, 6) is 0.477. The number of piperidine rings is 1. The summed E-state index contributed by atoms with van der Waals surface area (Å²) in [5, 5.41) is 7.27. The molecule has 19 heavy (non-hydrogen) atoms. The van der Waals surface area contributed by atoms with Gasteiger partial charge in [0, 0.05) is 32.1 Å². The van der Waals surface area contributed by atoms with E-state index in [0.717, 1.165) is 25.7 Å². The molecule has 0 radical (unpaired) electrons. The first-order chi connectivity index (χ1) is 8.91. The van der Waals surface area contributed by atoms with Crippen LogP contribution in [0.2, 0.25) is 0 Å². The lowest BCUT2D eigenvalue weighted by atomic mass is 10.0. The van der Waals surface area contributed by atoms with Crippen LogP contribution in [0, 0.1) is 11.3 Å². The molecule has 0 aromatic heterocycles. The van der Waals surface area contributed by atoms with Gasteiger partial charge < -0.3 is 5.73 Å². The van der Waals surface area contributed by atoms with Gasteiger partial charge in [-0.1, -0.05) is 6.92 Å². The summed E-state index contributed by atoms with van der Waals surface area (Å²) in [4.78, 5) is 0. The molecule has 2 fully saturated rings. The van der Waals surface area contributed by atoms with E-state index in [2.05, 4.69) is 6.92 Å². The lowest BCUT2D eigenvalue weighted by molar-refractivity contribution is 0.256. The third-order valence-corrected chi connectivity index (χ3v) is 5.86. The number of nitrogens with zero attached hydrogens (tertiary/aromatic N) is 2. The summed E-state index contributed by atoms with van der Waals surface area (Å²) in [6, 6.07) is 0.126. The zero-order valence-electron chi connectivity index (χ0n) is 11.5. The number of nitrogens with two attached hydrogens (primary N) is 1. The SMILES string of the molecule is CC1CCCN(S(=O)(=O)N(CCC(=N)N)C2CC2)C1. The van der Waals surface area contributed by atoms with Gasteiger partial charge in [-0.15, -0.1) is 0 Å². The molecule has 1 heterocycles. The summed E-state index contributed by atoms with van der Waals surface area (Å²) < 4.78 is 28.5. The average molecular weight is 288 g/mol. The molecule has 0 aromatic carbocycles. The number of rotatable bonds is 6. The summed E-state index contributed by atoms with van der Waals surface area (Å²) in [6.07, 6.45) is 4.22. The van der Waals surface area contributed by atoms with Gasteiger partial charge in [0.05, 0.1) is 5.84 Å². The summed E-state index contributed by atoms with van der Waals surface area (Å²) in [7, 11) is -3.38. The Labute approximate surface area is 115 Å². The highest BCUT2D eigenvalue weighted by molar-refractivity contribution is 7.86. The maximum Gasteiger partial charge on any atom is 0.282 e. The Hall–Kier alpha value is -0.660. The van der Waals surface area contributed by atoms with Crippen LogP contribution in [0.3, 0.4) is 0 Å². The van der Waals surface area contributed by atoms with Crippen molar-refractivity contribution in [2.45, 2.75) is 45.1 Å². The van der Waals surface area contributed by atoms with Gasteiger partial charge in [0.2, 0.25) is 0 Å². The molecular formula is C12H24N4O2S. The Morgan fingerprint density at radius 2 is 2.11 bits per heavy atom. The Bertz CT molecular complexity index is 433. The van der Waals surface area contributed by atoms with Crippen LogP contribution >= 0.6 is 0 Å². The second-order valence-corrected chi connectivity index (χ2v) is 7.61. The molecule has 110 valence electrons. The number of amidine groups is 1. The molecule has 1 unspecified atom stereocenters. The van der Waals surface area contributed by atoms with Crippen LogP contribution < -0.4 is 5.73 Å². The standard InChI is InChI=1S/C12H24N4O2S/c1-10-3-2-7-15(9-10)19(17,18)16(11-4-5-11)8-6-12(13)14/h10-11H,2-9H2,1H3,(H3,13,14). The second kappa shape index (κ2) is 5.76. The van der Waals surface area contributed by atoms with Crippen LogP contribution in [0.25, 0.3) is 0 Å². The van der Waals surface area contributed by atoms with Crippen LogP contribution in [0.15, 0.2) is 0 Å². The molecule has 1 aliphatic carbocycles. The first-order valence-electron chi connectivity index (χ1n) is 7.01. The third kappa shape index (κ3) is 3.67. The van der Waals surface area contributed by atoms with Crippen molar-refractivity contribution in [2.75, 3.05) is 19.6 Å². The molecule has 1 atom stereocenters. The molecule has 1 aliphatic heterocycles. The third-order valence-electron chi connectivity index (χ3n) is 3.80. The van der Waals surface area contributed by atoms with Crippen molar-refractivity contribution in [3.8, 4) is 0 Å². The number of hydrogen-bond donors (Lipinski definition) is 2. The molecule has 6 nitrogen and oxygen atoms in total. The fraction of sp³-hybridized carbons (Fsp3) is 0.917. The minimum atomic E-state index is -3.38. The van der Waals surface area contributed by atoms with Gasteiger partial charge in [-0.05, 0) is 31.6 Å². The largest absolute Gasteiger partial charge is 0.388 e. The van der Waals surface area contributed by atoms with E-state index in [1.165, 1.54) is 0 Å². The van der Waals surface area contributed by atoms with Gasteiger partial charge in [-0.25, -0.2) is 0 Å². The van der Waals surface area contributed by atoms with Crippen molar-refractivity contribution in [1.82, 2.24) is 8.61 Å². The van der Waals surface area contributed by atoms with Gasteiger partial charge in [0.25, 0.3) is 10.2 Å². The fourth-order valence-electron chi connectivity index (χ4n) is 2.58. The van der Waals surface area contributed by atoms with Crippen molar-refractivity contribution >= 4 is 16.0 Å². The zero-order chi connectivity index (χ0) is 14.0. The molecule has 1 saturated heterocycles. The van der Waals surface area contributed by atoms with Crippen molar-refractivity contribution < 1.29 is 8.42 Å². The lowest BCUT2D eigenvalue weighted by Gasteiger charge is -2.34. The van der Waals surface area contributed by atoms with Crippen molar-refractivity contribution in [1.29, 1.82) is 5.41 Å². The summed E-state index contributed by atoms with van der Waals surface area (Å²) >= 11 is 0. The van der Waals surface area contributed by atoms with Crippen LogP contribution in [0.4, 0.5) is 0 Å². The van der Waals surface area contributed by atoms with E-state index in [0.29, 0.717) is 32.0 Å². The number of nitrogens with one attached hydrogen (secondary N) is 1. The van der Waals surface area contributed by atoms with Gasteiger partial charge in [0.1, 0.15) is 0 Å². The van der Waals surface area contributed by atoms with E-state index in [-0.39, 0.29) is 11.9 Å². The first kappa shape index (κ1) is 14.7. The quantitative estimate of drug-likeness (QED) is 0.558. The second-order valence-electron chi connectivity index (χ2n) is 5.73. The summed E-state index contributed by atoms with van der Waals surface area (Å²) in [6.45, 7) is 3.67.